The summed E-state index contributed by atoms with van der Waals surface area (Å²) in [6.45, 7) is -0.0257. The third kappa shape index (κ3) is 3.90. The van der Waals surface area contributed by atoms with E-state index in [0.29, 0.717) is 5.56 Å². The van der Waals surface area contributed by atoms with Gasteiger partial charge in [0.2, 0.25) is 10.0 Å². The molecule has 0 aliphatic carbocycles. The van der Waals surface area contributed by atoms with Gasteiger partial charge in [-0.05, 0) is 42.9 Å². The molecular weight excluding hydrogens is 309 g/mol. The lowest BCUT2D eigenvalue weighted by atomic mass is 10.2. The lowest BCUT2D eigenvalue weighted by Gasteiger charge is -2.07. The maximum atomic E-state index is 12.8. The molecule has 0 saturated heterocycles. The Labute approximate surface area is 127 Å². The normalized spacial score (nSPS) is 11.2. The Morgan fingerprint density at radius 3 is 2.50 bits per heavy atom. The van der Waals surface area contributed by atoms with E-state index in [2.05, 4.69) is 4.72 Å². The second-order valence-electron chi connectivity index (χ2n) is 4.44. The first-order chi connectivity index (χ1) is 10.4. The SMILES string of the molecule is CNS(=O)(=O)c1cccc(C(=O)OCc2ccc(F)cc2)c1. The Morgan fingerprint density at radius 2 is 1.86 bits per heavy atom. The number of esters is 1. The summed E-state index contributed by atoms with van der Waals surface area (Å²) in [5.41, 5.74) is 0.757. The number of carbonyl (C=O) groups excluding carboxylic acids is 1. The number of carbonyl (C=O) groups is 1. The first-order valence-electron chi connectivity index (χ1n) is 6.37. The fourth-order valence-corrected chi connectivity index (χ4v) is 2.50. The number of sulfonamides is 1. The zero-order chi connectivity index (χ0) is 16.2. The molecule has 5 nitrogen and oxygen atoms in total. The molecule has 1 N–H and O–H groups in total. The maximum absolute atomic E-state index is 12.8. The molecule has 0 atom stereocenters. The largest absolute Gasteiger partial charge is 0.457 e. The van der Waals surface area contributed by atoms with Crippen LogP contribution in [0.4, 0.5) is 4.39 Å². The van der Waals surface area contributed by atoms with E-state index in [1.54, 1.807) is 0 Å². The molecule has 2 aromatic carbocycles. The first-order valence-corrected chi connectivity index (χ1v) is 7.86. The Kier molecular flexibility index (Phi) is 4.89. The number of nitrogens with one attached hydrogen (secondary N) is 1. The molecule has 22 heavy (non-hydrogen) atoms. The van der Waals surface area contributed by atoms with Crippen molar-refractivity contribution >= 4 is 16.0 Å². The molecule has 0 spiro atoms. The summed E-state index contributed by atoms with van der Waals surface area (Å²) in [6, 6.07) is 11.1. The fourth-order valence-electron chi connectivity index (χ4n) is 1.72. The van der Waals surface area contributed by atoms with Gasteiger partial charge in [0.1, 0.15) is 12.4 Å². The highest BCUT2D eigenvalue weighted by Gasteiger charge is 2.15. The van der Waals surface area contributed by atoms with Gasteiger partial charge in [-0.2, -0.15) is 0 Å². The smallest absolute Gasteiger partial charge is 0.338 e. The van der Waals surface area contributed by atoms with Gasteiger partial charge >= 0.3 is 5.97 Å². The lowest BCUT2D eigenvalue weighted by Crippen LogP contribution is -2.19. The summed E-state index contributed by atoms with van der Waals surface area (Å²) < 4.78 is 43.4. The van der Waals surface area contributed by atoms with Crippen LogP contribution in [0.3, 0.4) is 0 Å². The van der Waals surface area contributed by atoms with Crippen LogP contribution in [-0.4, -0.2) is 21.4 Å². The predicted molar refractivity (Wildman–Crippen MR) is 78.2 cm³/mol. The second-order valence-corrected chi connectivity index (χ2v) is 6.32. The van der Waals surface area contributed by atoms with Crippen LogP contribution in [0.5, 0.6) is 0 Å². The standard InChI is InChI=1S/C15H14FNO4S/c1-17-22(19,20)14-4-2-3-12(9-14)15(18)21-10-11-5-7-13(16)8-6-11/h2-9,17H,10H2,1H3. The van der Waals surface area contributed by atoms with E-state index in [-0.39, 0.29) is 22.9 Å². The molecular formula is C15H14FNO4S. The van der Waals surface area contributed by atoms with Crippen LogP contribution in [-0.2, 0) is 21.4 Å². The van der Waals surface area contributed by atoms with Crippen LogP contribution in [0, 0.1) is 5.82 Å². The molecule has 0 saturated carbocycles. The van der Waals surface area contributed by atoms with Gasteiger partial charge in [-0.3, -0.25) is 0 Å². The van der Waals surface area contributed by atoms with Crippen molar-refractivity contribution in [3.05, 3.63) is 65.5 Å². The Balaban J connectivity index is 2.10. The van der Waals surface area contributed by atoms with Gasteiger partial charge in [0, 0.05) is 0 Å². The van der Waals surface area contributed by atoms with E-state index in [9.17, 15) is 17.6 Å². The van der Waals surface area contributed by atoms with Crippen molar-refractivity contribution in [3.63, 3.8) is 0 Å². The minimum absolute atomic E-state index is 0.0220. The van der Waals surface area contributed by atoms with Crippen LogP contribution in [0.25, 0.3) is 0 Å². The van der Waals surface area contributed by atoms with Gasteiger partial charge < -0.3 is 4.74 Å². The number of hydrogen-bond donors (Lipinski definition) is 1. The maximum Gasteiger partial charge on any atom is 0.338 e. The molecule has 0 radical (unpaired) electrons. The van der Waals surface area contributed by atoms with Crippen molar-refractivity contribution in [3.8, 4) is 0 Å². The van der Waals surface area contributed by atoms with Gasteiger partial charge in [-0.15, -0.1) is 0 Å². The van der Waals surface area contributed by atoms with Gasteiger partial charge in [-0.1, -0.05) is 18.2 Å². The Morgan fingerprint density at radius 1 is 1.18 bits per heavy atom. The van der Waals surface area contributed by atoms with Crippen molar-refractivity contribution in [2.75, 3.05) is 7.05 Å². The topological polar surface area (TPSA) is 72.5 Å². The molecule has 2 rings (SSSR count). The van der Waals surface area contributed by atoms with Crippen LogP contribution in [0.2, 0.25) is 0 Å². The third-order valence-corrected chi connectivity index (χ3v) is 4.34. The zero-order valence-electron chi connectivity index (χ0n) is 11.7. The number of rotatable bonds is 5. The summed E-state index contributed by atoms with van der Waals surface area (Å²) in [5, 5.41) is 0. The highest BCUT2D eigenvalue weighted by atomic mass is 32.2. The number of hydrogen-bond acceptors (Lipinski definition) is 4. The van der Waals surface area contributed by atoms with Gasteiger partial charge in [-0.25, -0.2) is 22.3 Å². The van der Waals surface area contributed by atoms with Crippen molar-refractivity contribution in [2.45, 2.75) is 11.5 Å². The van der Waals surface area contributed by atoms with Crippen molar-refractivity contribution in [1.82, 2.24) is 4.72 Å². The molecule has 0 aromatic heterocycles. The summed E-state index contributed by atoms with van der Waals surface area (Å²) in [5.74, 6) is -1.03. The van der Waals surface area contributed by atoms with Crippen LogP contribution in [0.1, 0.15) is 15.9 Å². The lowest BCUT2D eigenvalue weighted by molar-refractivity contribution is 0.0472. The zero-order valence-corrected chi connectivity index (χ0v) is 12.6. The Bertz CT molecular complexity index is 772. The summed E-state index contributed by atoms with van der Waals surface area (Å²) in [7, 11) is -2.34. The average molecular weight is 323 g/mol. The molecule has 0 unspecified atom stereocenters. The van der Waals surface area contributed by atoms with Crippen LogP contribution < -0.4 is 4.72 Å². The van der Waals surface area contributed by atoms with E-state index in [0.717, 1.165) is 0 Å². The number of halogens is 1. The monoisotopic (exact) mass is 323 g/mol. The molecule has 0 heterocycles. The quantitative estimate of drug-likeness (QED) is 0.855. The molecule has 0 bridgehead atoms. The van der Waals surface area contributed by atoms with E-state index >= 15 is 0 Å². The highest BCUT2D eigenvalue weighted by molar-refractivity contribution is 7.89. The van der Waals surface area contributed by atoms with Crippen molar-refractivity contribution in [1.29, 1.82) is 0 Å². The van der Waals surface area contributed by atoms with Crippen molar-refractivity contribution < 1.29 is 22.3 Å². The van der Waals surface area contributed by atoms with E-state index in [4.69, 9.17) is 4.74 Å². The molecule has 116 valence electrons. The Hall–Kier alpha value is -2.25. The van der Waals surface area contributed by atoms with Crippen LogP contribution in [0.15, 0.2) is 53.4 Å². The molecule has 7 heteroatoms. The summed E-state index contributed by atoms with van der Waals surface area (Å²) >= 11 is 0. The highest BCUT2D eigenvalue weighted by Crippen LogP contribution is 2.13. The first kappa shape index (κ1) is 16.1. The average Bonchev–Trinajstić information content (AvgIpc) is 2.54. The minimum Gasteiger partial charge on any atom is -0.457 e. The van der Waals surface area contributed by atoms with E-state index in [1.165, 1.54) is 55.6 Å². The molecule has 0 aliphatic heterocycles. The predicted octanol–water partition coefficient (Wildman–Crippen LogP) is 2.09. The number of ether oxygens (including phenoxy) is 1. The van der Waals surface area contributed by atoms with E-state index in [1.807, 2.05) is 0 Å². The van der Waals surface area contributed by atoms with Gasteiger partial charge in [0.15, 0.2) is 0 Å². The summed E-state index contributed by atoms with van der Waals surface area (Å²) in [4.78, 5) is 11.9. The van der Waals surface area contributed by atoms with Gasteiger partial charge in [0.05, 0.1) is 10.5 Å². The fraction of sp³-hybridized carbons (Fsp3) is 0.133. The summed E-state index contributed by atoms with van der Waals surface area (Å²) in [6.07, 6.45) is 0. The second kappa shape index (κ2) is 6.67. The minimum atomic E-state index is -3.63. The number of benzene rings is 2. The molecule has 2 aromatic rings. The van der Waals surface area contributed by atoms with Crippen molar-refractivity contribution in [2.24, 2.45) is 0 Å². The molecule has 0 aliphatic rings. The van der Waals surface area contributed by atoms with Crippen LogP contribution >= 0.6 is 0 Å². The third-order valence-electron chi connectivity index (χ3n) is 2.93. The van der Waals surface area contributed by atoms with E-state index < -0.39 is 16.0 Å². The molecule has 0 fully saturated rings. The van der Waals surface area contributed by atoms with Gasteiger partial charge in [0.25, 0.3) is 0 Å². The molecule has 0 amide bonds.